The Hall–Kier alpha value is -2.14. The quantitative estimate of drug-likeness (QED) is 0.773. The zero-order chi connectivity index (χ0) is 13.4. The molecular weight excluding hydrogens is 238 g/mol. The number of hydrogen-bond donors (Lipinski definition) is 1. The molecule has 0 bridgehead atoms. The number of aryl methyl sites for hydroxylation is 1. The largest absolute Gasteiger partial charge is 0.340 e. The van der Waals surface area contributed by atoms with Crippen LogP contribution in [-0.4, -0.2) is 19.3 Å². The molecule has 5 nitrogen and oxygen atoms in total. The summed E-state index contributed by atoms with van der Waals surface area (Å²) in [4.78, 5) is 0. The van der Waals surface area contributed by atoms with Gasteiger partial charge in [-0.3, -0.25) is 0 Å². The van der Waals surface area contributed by atoms with Gasteiger partial charge in [-0.2, -0.15) is 0 Å². The maximum atomic E-state index is 5.70. The van der Waals surface area contributed by atoms with E-state index in [0.717, 1.165) is 23.8 Å². The molecule has 1 aromatic carbocycles. The van der Waals surface area contributed by atoms with Crippen molar-refractivity contribution in [2.24, 2.45) is 12.8 Å². The molecule has 5 heteroatoms. The van der Waals surface area contributed by atoms with Crippen molar-refractivity contribution >= 4 is 10.9 Å². The van der Waals surface area contributed by atoms with Gasteiger partial charge in [0, 0.05) is 25.3 Å². The standard InChI is InChI=1S/C14H17N5/c1-10-16-17-14(18(10)2)9-19-6-5-12-4-3-11(8-15)7-13(12)19/h3-7H,8-9,15H2,1-2H3. The van der Waals surface area contributed by atoms with Crippen molar-refractivity contribution < 1.29 is 0 Å². The topological polar surface area (TPSA) is 61.7 Å². The summed E-state index contributed by atoms with van der Waals surface area (Å²) in [5.41, 5.74) is 8.03. The molecule has 2 N–H and O–H groups in total. The van der Waals surface area contributed by atoms with Gasteiger partial charge in [0.1, 0.15) is 5.82 Å². The van der Waals surface area contributed by atoms with Gasteiger partial charge in [0.25, 0.3) is 0 Å². The Bertz CT molecular complexity index is 723. The normalized spacial score (nSPS) is 11.3. The SMILES string of the molecule is Cc1nnc(Cn2ccc3ccc(CN)cc32)n1C. The van der Waals surface area contributed by atoms with Crippen LogP contribution in [0.2, 0.25) is 0 Å². The van der Waals surface area contributed by atoms with Crippen LogP contribution >= 0.6 is 0 Å². The summed E-state index contributed by atoms with van der Waals surface area (Å²) >= 11 is 0. The summed E-state index contributed by atoms with van der Waals surface area (Å²) in [6, 6.07) is 8.42. The van der Waals surface area contributed by atoms with Crippen LogP contribution in [-0.2, 0) is 20.1 Å². The second kappa shape index (κ2) is 4.51. The molecule has 19 heavy (non-hydrogen) atoms. The maximum Gasteiger partial charge on any atom is 0.152 e. The summed E-state index contributed by atoms with van der Waals surface area (Å²) in [5.74, 6) is 1.88. The van der Waals surface area contributed by atoms with Gasteiger partial charge in [-0.05, 0) is 30.0 Å². The summed E-state index contributed by atoms with van der Waals surface area (Å²) < 4.78 is 4.19. The number of aromatic nitrogens is 4. The highest BCUT2D eigenvalue weighted by atomic mass is 15.3. The molecule has 3 rings (SSSR count). The van der Waals surface area contributed by atoms with Gasteiger partial charge < -0.3 is 14.9 Å². The number of rotatable bonds is 3. The van der Waals surface area contributed by atoms with Crippen molar-refractivity contribution in [3.05, 3.63) is 47.7 Å². The molecule has 0 aliphatic rings. The lowest BCUT2D eigenvalue weighted by molar-refractivity contribution is 0.708. The predicted octanol–water partition coefficient (Wildman–Crippen LogP) is 1.59. The number of nitrogens with zero attached hydrogens (tertiary/aromatic N) is 4. The van der Waals surface area contributed by atoms with Gasteiger partial charge in [0.2, 0.25) is 0 Å². The van der Waals surface area contributed by atoms with Gasteiger partial charge in [-0.1, -0.05) is 12.1 Å². The smallest absolute Gasteiger partial charge is 0.152 e. The minimum atomic E-state index is 0.560. The molecule has 2 aromatic heterocycles. The van der Waals surface area contributed by atoms with Gasteiger partial charge in [0.05, 0.1) is 6.54 Å². The third-order valence-electron chi connectivity index (χ3n) is 3.57. The highest BCUT2D eigenvalue weighted by molar-refractivity contribution is 5.80. The molecule has 0 fully saturated rings. The van der Waals surface area contributed by atoms with Crippen LogP contribution in [0, 0.1) is 6.92 Å². The van der Waals surface area contributed by atoms with Crippen molar-refractivity contribution in [1.29, 1.82) is 0 Å². The Morgan fingerprint density at radius 1 is 1.21 bits per heavy atom. The van der Waals surface area contributed by atoms with Crippen LogP contribution in [0.1, 0.15) is 17.2 Å². The molecule has 0 radical (unpaired) electrons. The third kappa shape index (κ3) is 2.02. The predicted molar refractivity (Wildman–Crippen MR) is 74.7 cm³/mol. The van der Waals surface area contributed by atoms with Crippen molar-refractivity contribution in [2.45, 2.75) is 20.0 Å². The third-order valence-corrected chi connectivity index (χ3v) is 3.57. The first-order chi connectivity index (χ1) is 9.19. The van der Waals surface area contributed by atoms with E-state index in [-0.39, 0.29) is 0 Å². The van der Waals surface area contributed by atoms with Gasteiger partial charge in [0.15, 0.2) is 5.82 Å². The van der Waals surface area contributed by atoms with Crippen LogP contribution in [0.5, 0.6) is 0 Å². The molecule has 3 aromatic rings. The summed E-state index contributed by atoms with van der Waals surface area (Å²) in [7, 11) is 1.99. The van der Waals surface area contributed by atoms with Crippen LogP contribution in [0.4, 0.5) is 0 Å². The fourth-order valence-corrected chi connectivity index (χ4v) is 2.24. The van der Waals surface area contributed by atoms with E-state index in [1.807, 2.05) is 18.5 Å². The van der Waals surface area contributed by atoms with Crippen molar-refractivity contribution in [1.82, 2.24) is 19.3 Å². The van der Waals surface area contributed by atoms with E-state index in [2.05, 4.69) is 45.2 Å². The van der Waals surface area contributed by atoms with E-state index in [9.17, 15) is 0 Å². The molecule has 0 saturated heterocycles. The minimum absolute atomic E-state index is 0.560. The lowest BCUT2D eigenvalue weighted by Crippen LogP contribution is -2.06. The number of benzene rings is 1. The minimum Gasteiger partial charge on any atom is -0.340 e. The molecule has 0 spiro atoms. The Labute approximate surface area is 111 Å². The van der Waals surface area contributed by atoms with Crippen molar-refractivity contribution in [2.75, 3.05) is 0 Å². The monoisotopic (exact) mass is 255 g/mol. The van der Waals surface area contributed by atoms with Gasteiger partial charge in [-0.15, -0.1) is 10.2 Å². The van der Waals surface area contributed by atoms with E-state index < -0.39 is 0 Å². The Balaban J connectivity index is 2.03. The number of nitrogens with two attached hydrogens (primary N) is 1. The van der Waals surface area contributed by atoms with Crippen molar-refractivity contribution in [3.8, 4) is 0 Å². The van der Waals surface area contributed by atoms with E-state index in [0.29, 0.717) is 6.54 Å². The average molecular weight is 255 g/mol. The molecule has 0 saturated carbocycles. The molecule has 98 valence electrons. The van der Waals surface area contributed by atoms with E-state index in [1.165, 1.54) is 10.9 Å². The van der Waals surface area contributed by atoms with Gasteiger partial charge in [-0.25, -0.2) is 0 Å². The summed E-state index contributed by atoms with van der Waals surface area (Å²) in [5, 5.41) is 9.52. The van der Waals surface area contributed by atoms with Crippen LogP contribution < -0.4 is 5.73 Å². The fourth-order valence-electron chi connectivity index (χ4n) is 2.24. The molecule has 2 heterocycles. The average Bonchev–Trinajstić information content (AvgIpc) is 2.97. The van der Waals surface area contributed by atoms with E-state index >= 15 is 0 Å². The molecule has 0 atom stereocenters. The first-order valence-corrected chi connectivity index (χ1v) is 6.32. The molecule has 0 unspecified atom stereocenters. The van der Waals surface area contributed by atoms with Gasteiger partial charge >= 0.3 is 0 Å². The van der Waals surface area contributed by atoms with Crippen LogP contribution in [0.15, 0.2) is 30.5 Å². The van der Waals surface area contributed by atoms with Crippen LogP contribution in [0.25, 0.3) is 10.9 Å². The maximum absolute atomic E-state index is 5.70. The molecule has 0 aliphatic heterocycles. The zero-order valence-electron chi connectivity index (χ0n) is 11.2. The summed E-state index contributed by atoms with van der Waals surface area (Å²) in [6.07, 6.45) is 2.08. The van der Waals surface area contributed by atoms with Crippen LogP contribution in [0.3, 0.4) is 0 Å². The lowest BCUT2D eigenvalue weighted by Gasteiger charge is -2.06. The molecule has 0 amide bonds. The Morgan fingerprint density at radius 2 is 2.05 bits per heavy atom. The highest BCUT2D eigenvalue weighted by Crippen LogP contribution is 2.18. The van der Waals surface area contributed by atoms with E-state index in [1.54, 1.807) is 0 Å². The molecular formula is C14H17N5. The number of fused-ring (bicyclic) bond motifs is 1. The summed E-state index contributed by atoms with van der Waals surface area (Å²) in [6.45, 7) is 3.23. The highest BCUT2D eigenvalue weighted by Gasteiger charge is 2.08. The van der Waals surface area contributed by atoms with E-state index in [4.69, 9.17) is 5.73 Å². The Morgan fingerprint density at radius 3 is 2.74 bits per heavy atom. The first kappa shape index (κ1) is 11.9. The first-order valence-electron chi connectivity index (χ1n) is 6.32. The second-order valence-corrected chi connectivity index (χ2v) is 4.76. The Kier molecular flexibility index (Phi) is 2.83. The fraction of sp³-hybridized carbons (Fsp3) is 0.286. The lowest BCUT2D eigenvalue weighted by atomic mass is 10.1. The molecule has 0 aliphatic carbocycles. The zero-order valence-corrected chi connectivity index (χ0v) is 11.2. The van der Waals surface area contributed by atoms with Crippen molar-refractivity contribution in [3.63, 3.8) is 0 Å². The number of hydrogen-bond acceptors (Lipinski definition) is 3. The second-order valence-electron chi connectivity index (χ2n) is 4.76.